The molecule has 0 saturated heterocycles. The Morgan fingerprint density at radius 3 is 2.30 bits per heavy atom. The minimum atomic E-state index is -0.727. The summed E-state index contributed by atoms with van der Waals surface area (Å²) in [5, 5.41) is 10.8. The summed E-state index contributed by atoms with van der Waals surface area (Å²) in [6, 6.07) is 15.2. The van der Waals surface area contributed by atoms with Crippen LogP contribution in [0.3, 0.4) is 0 Å². The zero-order chi connectivity index (χ0) is 30.5. The van der Waals surface area contributed by atoms with Crippen molar-refractivity contribution in [2.24, 2.45) is 17.3 Å². The lowest BCUT2D eigenvalue weighted by atomic mass is 9.51. The third-order valence-electron chi connectivity index (χ3n) is 11.5. The van der Waals surface area contributed by atoms with Crippen LogP contribution in [-0.4, -0.2) is 35.6 Å². The largest absolute Gasteiger partial charge is 0.496 e. The molecule has 1 aromatic heterocycles. The lowest BCUT2D eigenvalue weighted by Gasteiger charge is -2.55. The summed E-state index contributed by atoms with van der Waals surface area (Å²) in [6.45, 7) is 2.87. The van der Waals surface area contributed by atoms with Gasteiger partial charge in [-0.2, -0.15) is 0 Å². The standard InChI is InChI=1S/C37H44N2O4S/c1-24-20-29(12-13-31(24)43-2)37-17-14-36(15-18-37,16-19-37)23-39(34(40)26-8-10-27(11-9-26)35(41)42)30-5-3-4-28(21-30)32-22-38-33(44-32)25-6-7-25/h3-5,12-13,20-22,25-27H,6-11,14-19,23H2,1-2H3,(H,41,42). The number of methoxy groups -OCH3 is 1. The van der Waals surface area contributed by atoms with Crippen LogP contribution in [0.1, 0.15) is 99.1 Å². The number of thiazole rings is 1. The first-order valence-electron chi connectivity index (χ1n) is 16.5. The molecule has 6 nitrogen and oxygen atoms in total. The number of rotatable bonds is 9. The predicted octanol–water partition coefficient (Wildman–Crippen LogP) is 8.52. The van der Waals surface area contributed by atoms with Crippen LogP contribution in [0.15, 0.2) is 48.7 Å². The number of anilines is 1. The molecule has 2 bridgehead atoms. The van der Waals surface area contributed by atoms with E-state index >= 15 is 0 Å². The van der Waals surface area contributed by atoms with Crippen LogP contribution in [-0.2, 0) is 15.0 Å². The third-order valence-corrected chi connectivity index (χ3v) is 12.7. The van der Waals surface area contributed by atoms with Crippen molar-refractivity contribution in [2.75, 3.05) is 18.6 Å². The lowest BCUT2D eigenvalue weighted by Crippen LogP contribution is -2.51. The van der Waals surface area contributed by atoms with Crippen LogP contribution in [0.25, 0.3) is 10.4 Å². The molecular weight excluding hydrogens is 568 g/mol. The highest BCUT2D eigenvalue weighted by atomic mass is 32.1. The monoisotopic (exact) mass is 612 g/mol. The van der Waals surface area contributed by atoms with Crippen LogP contribution in [0.2, 0.25) is 0 Å². The molecule has 0 atom stereocenters. The second-order valence-corrected chi connectivity index (χ2v) is 15.2. The predicted molar refractivity (Wildman–Crippen MR) is 175 cm³/mol. The van der Waals surface area contributed by atoms with Crippen LogP contribution in [0, 0.1) is 24.2 Å². The number of carbonyl (C=O) groups excluding carboxylic acids is 1. The second kappa shape index (κ2) is 11.6. The van der Waals surface area contributed by atoms with Gasteiger partial charge in [-0.25, -0.2) is 4.98 Å². The summed E-state index contributed by atoms with van der Waals surface area (Å²) in [5.74, 6) is 0.575. The molecule has 232 valence electrons. The zero-order valence-corrected chi connectivity index (χ0v) is 26.8. The van der Waals surface area contributed by atoms with E-state index in [1.807, 2.05) is 6.20 Å². The van der Waals surface area contributed by atoms with E-state index in [-0.39, 0.29) is 28.6 Å². The van der Waals surface area contributed by atoms with Gasteiger partial charge in [-0.3, -0.25) is 9.59 Å². The molecule has 1 heterocycles. The highest BCUT2D eigenvalue weighted by molar-refractivity contribution is 7.15. The van der Waals surface area contributed by atoms with E-state index in [4.69, 9.17) is 9.72 Å². The van der Waals surface area contributed by atoms with Gasteiger partial charge in [0.15, 0.2) is 0 Å². The van der Waals surface area contributed by atoms with Crippen molar-refractivity contribution >= 4 is 28.9 Å². The number of hydrogen-bond acceptors (Lipinski definition) is 5. The van der Waals surface area contributed by atoms with E-state index in [1.54, 1.807) is 18.4 Å². The Hall–Kier alpha value is -3.19. The van der Waals surface area contributed by atoms with Gasteiger partial charge in [0.05, 0.1) is 22.9 Å². The summed E-state index contributed by atoms with van der Waals surface area (Å²) in [7, 11) is 1.74. The number of benzene rings is 2. The first-order valence-corrected chi connectivity index (χ1v) is 17.4. The number of carboxylic acids is 1. The molecule has 7 heteroatoms. The number of amides is 1. The highest BCUT2D eigenvalue weighted by Crippen LogP contribution is 2.58. The number of ether oxygens (including phenoxy) is 1. The third kappa shape index (κ3) is 5.57. The van der Waals surface area contributed by atoms with Gasteiger partial charge in [-0.1, -0.05) is 24.3 Å². The molecule has 5 aliphatic carbocycles. The van der Waals surface area contributed by atoms with Crippen molar-refractivity contribution in [2.45, 2.75) is 95.3 Å². The van der Waals surface area contributed by atoms with E-state index in [0.29, 0.717) is 31.6 Å². The van der Waals surface area contributed by atoms with Crippen molar-refractivity contribution < 1.29 is 19.4 Å². The van der Waals surface area contributed by atoms with Crippen molar-refractivity contribution in [1.82, 2.24) is 4.98 Å². The molecule has 5 aliphatic rings. The highest BCUT2D eigenvalue weighted by Gasteiger charge is 2.50. The zero-order valence-electron chi connectivity index (χ0n) is 26.0. The van der Waals surface area contributed by atoms with E-state index in [1.165, 1.54) is 29.0 Å². The number of nitrogens with zero attached hydrogens (tertiary/aromatic N) is 2. The molecule has 8 rings (SSSR count). The van der Waals surface area contributed by atoms with Gasteiger partial charge >= 0.3 is 5.97 Å². The fourth-order valence-corrected chi connectivity index (χ4v) is 9.43. The number of fused-ring (bicyclic) bond motifs is 3. The molecule has 3 aromatic rings. The maximum absolute atomic E-state index is 14.4. The number of carbonyl (C=O) groups is 2. The smallest absolute Gasteiger partial charge is 0.306 e. The van der Waals surface area contributed by atoms with Crippen LogP contribution in [0.4, 0.5) is 5.69 Å². The SMILES string of the molecule is COc1ccc(C23CCC(CN(C(=O)C4CCC(C(=O)O)CC4)c4cccc(-c5cnc(C6CC6)s5)c4)(CC2)CC3)cc1C. The fourth-order valence-electron chi connectivity index (χ4n) is 8.35. The molecule has 0 radical (unpaired) electrons. The average molecular weight is 613 g/mol. The van der Waals surface area contributed by atoms with Crippen LogP contribution in [0.5, 0.6) is 5.75 Å². The fraction of sp³-hybridized carbons (Fsp3) is 0.541. The second-order valence-electron chi connectivity index (χ2n) is 14.2. The molecule has 44 heavy (non-hydrogen) atoms. The number of hydrogen-bond donors (Lipinski definition) is 1. The van der Waals surface area contributed by atoms with Crippen molar-refractivity contribution in [3.05, 3.63) is 64.8 Å². The summed E-state index contributed by atoms with van der Waals surface area (Å²) >= 11 is 1.78. The maximum Gasteiger partial charge on any atom is 0.306 e. The van der Waals surface area contributed by atoms with E-state index in [2.05, 4.69) is 54.3 Å². The normalized spacial score (nSPS) is 28.0. The Balaban J connectivity index is 1.14. The molecule has 1 N–H and O–H groups in total. The molecule has 0 unspecified atom stereocenters. The van der Waals surface area contributed by atoms with E-state index < -0.39 is 5.97 Å². The lowest BCUT2D eigenvalue weighted by molar-refractivity contribution is -0.144. The maximum atomic E-state index is 14.4. The number of carboxylic acid groups (broad SMARTS) is 1. The van der Waals surface area contributed by atoms with Gasteiger partial charge in [0.1, 0.15) is 5.75 Å². The summed E-state index contributed by atoms with van der Waals surface area (Å²) < 4.78 is 5.54. The number of aryl methyl sites for hydroxylation is 1. The van der Waals surface area contributed by atoms with E-state index in [9.17, 15) is 14.7 Å². The summed E-state index contributed by atoms with van der Waals surface area (Å²) in [5.41, 5.74) is 5.05. The van der Waals surface area contributed by atoms with Crippen LogP contribution >= 0.6 is 11.3 Å². The molecule has 1 amide bonds. The average Bonchev–Trinajstić information content (AvgIpc) is 3.80. The quantitative estimate of drug-likeness (QED) is 0.262. The van der Waals surface area contributed by atoms with Crippen molar-refractivity contribution in [3.63, 3.8) is 0 Å². The Labute approximate surface area is 264 Å². The topological polar surface area (TPSA) is 79.7 Å². The Morgan fingerprint density at radius 1 is 0.955 bits per heavy atom. The summed E-state index contributed by atoms with van der Waals surface area (Å²) in [6.07, 6.45) is 13.7. The molecule has 2 aromatic carbocycles. The summed E-state index contributed by atoms with van der Waals surface area (Å²) in [4.78, 5) is 34.0. The molecule has 5 saturated carbocycles. The number of aliphatic carboxylic acids is 1. The van der Waals surface area contributed by atoms with Gasteiger partial charge < -0.3 is 14.7 Å². The Morgan fingerprint density at radius 2 is 1.66 bits per heavy atom. The molecule has 0 aliphatic heterocycles. The van der Waals surface area contributed by atoms with Crippen molar-refractivity contribution in [3.8, 4) is 16.2 Å². The minimum absolute atomic E-state index is 0.108. The van der Waals surface area contributed by atoms with Gasteiger partial charge in [0, 0.05) is 30.3 Å². The van der Waals surface area contributed by atoms with E-state index in [0.717, 1.165) is 66.9 Å². The van der Waals surface area contributed by atoms with Gasteiger partial charge in [-0.15, -0.1) is 11.3 Å². The molecule has 0 spiro atoms. The van der Waals surface area contributed by atoms with Crippen molar-refractivity contribution in [1.29, 1.82) is 0 Å². The van der Waals surface area contributed by atoms with Gasteiger partial charge in [0.25, 0.3) is 0 Å². The Bertz CT molecular complexity index is 1530. The van der Waals surface area contributed by atoms with Crippen LogP contribution < -0.4 is 9.64 Å². The van der Waals surface area contributed by atoms with Gasteiger partial charge in [-0.05, 0) is 130 Å². The first kappa shape index (κ1) is 29.5. The molecular formula is C37H44N2O4S. The minimum Gasteiger partial charge on any atom is -0.496 e. The Kier molecular flexibility index (Phi) is 7.80. The van der Waals surface area contributed by atoms with Gasteiger partial charge in [0.2, 0.25) is 5.91 Å². The molecule has 5 fully saturated rings. The first-order chi connectivity index (χ1) is 21.3. The number of aromatic nitrogens is 1.